The van der Waals surface area contributed by atoms with E-state index in [4.69, 9.17) is 9.68 Å². The number of hydroxylamine groups is 2. The van der Waals surface area contributed by atoms with Crippen molar-refractivity contribution in [2.24, 2.45) is 0 Å². The first-order valence-electron chi connectivity index (χ1n) is 8.55. The molecule has 128 valence electrons. The fraction of sp³-hybridized carbons (Fsp3) is 1.00. The second-order valence-electron chi connectivity index (χ2n) is 5.38. The highest BCUT2D eigenvalue weighted by Crippen LogP contribution is 2.41. The maximum absolute atomic E-state index is 5.87. The van der Waals surface area contributed by atoms with Gasteiger partial charge < -0.3 is 0 Å². The largest absolute Gasteiger partial charge is 0.274 e. The van der Waals surface area contributed by atoms with E-state index in [0.717, 1.165) is 19.8 Å². The number of rotatable bonds is 13. The first kappa shape index (κ1) is 21.7. The molecule has 0 rings (SSSR count). The molecule has 0 saturated heterocycles. The molecule has 2 unspecified atom stereocenters. The molecule has 0 aliphatic rings. The van der Waals surface area contributed by atoms with Gasteiger partial charge in [0.2, 0.25) is 0 Å². The molecule has 0 aliphatic carbocycles. The summed E-state index contributed by atoms with van der Waals surface area (Å²) in [6, 6.07) is 0. The third kappa shape index (κ3) is 8.82. The van der Waals surface area contributed by atoms with Gasteiger partial charge in [0, 0.05) is 17.9 Å². The van der Waals surface area contributed by atoms with Crippen molar-refractivity contribution in [2.75, 3.05) is 44.4 Å². The van der Waals surface area contributed by atoms with Crippen LogP contribution in [0, 0.1) is 0 Å². The molecule has 3 nitrogen and oxygen atoms in total. The Kier molecular flexibility index (Phi) is 13.7. The minimum absolute atomic E-state index is 0.106. The zero-order chi connectivity index (χ0) is 16.3. The van der Waals surface area contributed by atoms with Crippen molar-refractivity contribution >= 4 is 15.8 Å². The lowest BCUT2D eigenvalue weighted by Crippen LogP contribution is -2.30. The topological polar surface area (TPSA) is 21.7 Å². The van der Waals surface area contributed by atoms with Crippen LogP contribution in [0.25, 0.3) is 0 Å². The summed E-state index contributed by atoms with van der Waals surface area (Å²) in [6.07, 6.45) is 5.16. The summed E-state index contributed by atoms with van der Waals surface area (Å²) in [7, 11) is 0.211. The van der Waals surface area contributed by atoms with Gasteiger partial charge >= 0.3 is 0 Å². The van der Waals surface area contributed by atoms with E-state index in [1.54, 1.807) is 5.23 Å². The Morgan fingerprint density at radius 1 is 0.714 bits per heavy atom. The summed E-state index contributed by atoms with van der Waals surface area (Å²) in [5.74, 6) is 0. The van der Waals surface area contributed by atoms with Crippen LogP contribution < -0.4 is 0 Å². The van der Waals surface area contributed by atoms with Gasteiger partial charge in [-0.25, -0.2) is 0 Å². The summed E-state index contributed by atoms with van der Waals surface area (Å²) < 4.78 is 0. The van der Waals surface area contributed by atoms with E-state index in [1.165, 1.54) is 24.6 Å². The van der Waals surface area contributed by atoms with Crippen molar-refractivity contribution in [2.45, 2.75) is 59.8 Å². The number of hydrogen-bond donors (Lipinski definition) is 0. The Balaban J connectivity index is 4.11. The zero-order valence-corrected chi connectivity index (χ0v) is 17.1. The first-order chi connectivity index (χ1) is 10.0. The molecule has 0 radical (unpaired) electrons. The maximum Gasteiger partial charge on any atom is 0.0776 e. The van der Waals surface area contributed by atoms with Crippen molar-refractivity contribution < 1.29 is 9.68 Å². The molecule has 0 aromatic carbocycles. The molecule has 0 aromatic heterocycles. The van der Waals surface area contributed by atoms with E-state index in [-0.39, 0.29) is 15.8 Å². The third-order valence-corrected chi connectivity index (χ3v) is 10.1. The van der Waals surface area contributed by atoms with Crippen molar-refractivity contribution in [3.05, 3.63) is 0 Å². The lowest BCUT2D eigenvalue weighted by atomic mass is 10.5. The molecular weight excluding hydrogens is 300 g/mol. The van der Waals surface area contributed by atoms with Crippen LogP contribution in [0.3, 0.4) is 0 Å². The lowest BCUT2D eigenvalue weighted by Gasteiger charge is -2.28. The van der Waals surface area contributed by atoms with Crippen molar-refractivity contribution in [3.63, 3.8) is 0 Å². The Labute approximate surface area is 135 Å². The zero-order valence-electron chi connectivity index (χ0n) is 15.3. The smallest absolute Gasteiger partial charge is 0.0776 e. The van der Waals surface area contributed by atoms with E-state index in [9.17, 15) is 0 Å². The molecule has 0 amide bonds. The quantitative estimate of drug-likeness (QED) is 0.349. The van der Waals surface area contributed by atoms with Crippen LogP contribution in [0.4, 0.5) is 0 Å². The van der Waals surface area contributed by atoms with Gasteiger partial charge in [-0.05, 0) is 31.6 Å². The Hall–Kier alpha value is 0.740. The van der Waals surface area contributed by atoms with Gasteiger partial charge in [0.1, 0.15) is 0 Å². The van der Waals surface area contributed by atoms with Crippen LogP contribution in [-0.4, -0.2) is 61.0 Å². The standard InChI is InChI=1S/C16H37NO2P2/c1-8-17(18-13-15(6)20(9-2)10-3)19-14-16(7)21(11-4)12-5/h15-16H,8-14H2,1-7H3. The SMILES string of the molecule is CCN(OCC(C)P(CC)CC)OCC(C)P(CC)CC. The molecule has 21 heavy (non-hydrogen) atoms. The van der Waals surface area contributed by atoms with E-state index in [1.807, 2.05) is 0 Å². The Morgan fingerprint density at radius 2 is 1.05 bits per heavy atom. The molecule has 0 N–H and O–H groups in total. The minimum atomic E-state index is 0.106. The van der Waals surface area contributed by atoms with Crippen molar-refractivity contribution in [3.8, 4) is 0 Å². The second kappa shape index (κ2) is 13.2. The average Bonchev–Trinajstić information content (AvgIpc) is 2.49. The number of nitrogens with zero attached hydrogens (tertiary/aromatic N) is 1. The maximum atomic E-state index is 5.87. The molecular formula is C16H37NO2P2. The molecule has 0 bridgehead atoms. The van der Waals surface area contributed by atoms with E-state index >= 15 is 0 Å². The van der Waals surface area contributed by atoms with Gasteiger partial charge in [0.25, 0.3) is 0 Å². The summed E-state index contributed by atoms with van der Waals surface area (Å²) >= 11 is 0. The van der Waals surface area contributed by atoms with Gasteiger partial charge in [-0.2, -0.15) is 0 Å². The third-order valence-electron chi connectivity index (χ3n) is 4.05. The fourth-order valence-corrected chi connectivity index (χ4v) is 6.45. The minimum Gasteiger partial charge on any atom is -0.274 e. The summed E-state index contributed by atoms with van der Waals surface area (Å²) in [6.45, 7) is 18.2. The normalized spacial score (nSPS) is 15.1. The van der Waals surface area contributed by atoms with E-state index in [2.05, 4.69) is 48.5 Å². The fourth-order valence-electron chi connectivity index (χ4n) is 2.51. The van der Waals surface area contributed by atoms with Crippen molar-refractivity contribution in [1.29, 1.82) is 0 Å². The lowest BCUT2D eigenvalue weighted by molar-refractivity contribution is -0.365. The summed E-state index contributed by atoms with van der Waals surface area (Å²) in [5.41, 5.74) is 1.29. The van der Waals surface area contributed by atoms with Crippen LogP contribution in [0.1, 0.15) is 48.5 Å². The van der Waals surface area contributed by atoms with Gasteiger partial charge in [-0.3, -0.25) is 9.68 Å². The van der Waals surface area contributed by atoms with Crippen molar-refractivity contribution in [1.82, 2.24) is 5.23 Å². The molecule has 0 aromatic rings. The molecule has 2 atom stereocenters. The average molecular weight is 337 g/mol. The van der Waals surface area contributed by atoms with Gasteiger partial charge in [0.15, 0.2) is 0 Å². The van der Waals surface area contributed by atoms with E-state index in [0.29, 0.717) is 11.3 Å². The Morgan fingerprint density at radius 3 is 1.29 bits per heavy atom. The first-order valence-corrected chi connectivity index (χ1v) is 12.1. The molecule has 0 aliphatic heterocycles. The highest BCUT2D eigenvalue weighted by Gasteiger charge is 2.17. The predicted octanol–water partition coefficient (Wildman–Crippen LogP) is 4.99. The second-order valence-corrected chi connectivity index (χ2v) is 12.0. The molecule has 0 fully saturated rings. The van der Waals surface area contributed by atoms with Gasteiger partial charge in [-0.1, -0.05) is 46.8 Å². The predicted molar refractivity (Wildman–Crippen MR) is 99.2 cm³/mol. The van der Waals surface area contributed by atoms with Crippen LogP contribution >= 0.6 is 15.8 Å². The summed E-state index contributed by atoms with van der Waals surface area (Å²) in [4.78, 5) is 11.7. The highest BCUT2D eigenvalue weighted by molar-refractivity contribution is 7.58. The van der Waals surface area contributed by atoms with Crippen LogP contribution in [0.15, 0.2) is 0 Å². The molecule has 0 heterocycles. The molecule has 0 spiro atoms. The number of hydrogen-bond acceptors (Lipinski definition) is 3. The van der Waals surface area contributed by atoms with Crippen LogP contribution in [-0.2, 0) is 9.68 Å². The van der Waals surface area contributed by atoms with Gasteiger partial charge in [0.05, 0.1) is 13.2 Å². The van der Waals surface area contributed by atoms with Gasteiger partial charge in [-0.15, -0.1) is 15.8 Å². The molecule has 0 saturated carbocycles. The van der Waals surface area contributed by atoms with Crippen LogP contribution in [0.5, 0.6) is 0 Å². The molecule has 5 heteroatoms. The van der Waals surface area contributed by atoms with E-state index < -0.39 is 0 Å². The summed E-state index contributed by atoms with van der Waals surface area (Å²) in [5, 5.41) is 1.70. The van der Waals surface area contributed by atoms with Crippen LogP contribution in [0.2, 0.25) is 0 Å². The highest BCUT2D eigenvalue weighted by atomic mass is 31.1. The Bertz CT molecular complexity index is 214. The monoisotopic (exact) mass is 337 g/mol.